The largest absolute Gasteiger partial charge is 0.482 e. The van der Waals surface area contributed by atoms with Crippen LogP contribution >= 0.6 is 35.0 Å². The highest BCUT2D eigenvalue weighted by Gasteiger charge is 2.07. The Bertz CT molecular complexity index is 652. The first-order valence-electron chi connectivity index (χ1n) is 6.26. The molecule has 0 bridgehead atoms. The van der Waals surface area contributed by atoms with E-state index in [1.165, 1.54) is 11.8 Å². The van der Waals surface area contributed by atoms with Gasteiger partial charge in [-0.1, -0.05) is 35.0 Å². The molecule has 22 heavy (non-hydrogen) atoms. The van der Waals surface area contributed by atoms with Gasteiger partial charge in [0.15, 0.2) is 6.61 Å². The lowest BCUT2D eigenvalue weighted by atomic mass is 10.3. The molecule has 2 rings (SSSR count). The number of carbonyl (C=O) groups is 1. The fourth-order valence-electron chi connectivity index (χ4n) is 1.46. The Morgan fingerprint density at radius 2 is 2.27 bits per heavy atom. The Balaban J connectivity index is 1.66. The maximum atomic E-state index is 11.7. The van der Waals surface area contributed by atoms with Crippen molar-refractivity contribution in [2.45, 2.75) is 5.16 Å². The number of aryl methyl sites for hydroxylation is 1. The topological polar surface area (TPSA) is 81.9 Å². The molecule has 1 heterocycles. The molecule has 118 valence electrons. The first kappa shape index (κ1) is 16.9. The molecule has 0 saturated carbocycles. The van der Waals surface area contributed by atoms with Gasteiger partial charge in [0.05, 0.1) is 5.02 Å². The van der Waals surface area contributed by atoms with E-state index < -0.39 is 0 Å². The summed E-state index contributed by atoms with van der Waals surface area (Å²) in [6.07, 6.45) is 0. The SMILES string of the molecule is Cn1nnnc1SCCNC(=O)COc1ccc(Cl)cc1Cl. The molecular formula is C12H13Cl2N5O2S. The van der Waals surface area contributed by atoms with Crippen LogP contribution in [0, 0.1) is 0 Å². The van der Waals surface area contributed by atoms with Gasteiger partial charge >= 0.3 is 0 Å². The minimum absolute atomic E-state index is 0.114. The summed E-state index contributed by atoms with van der Waals surface area (Å²) in [5.74, 6) is 0.838. The van der Waals surface area contributed by atoms with Crippen molar-refractivity contribution in [1.82, 2.24) is 25.5 Å². The number of hydrogen-bond acceptors (Lipinski definition) is 6. The zero-order valence-corrected chi connectivity index (χ0v) is 14.0. The maximum absolute atomic E-state index is 11.7. The first-order chi connectivity index (χ1) is 10.6. The van der Waals surface area contributed by atoms with E-state index >= 15 is 0 Å². The monoisotopic (exact) mass is 361 g/mol. The number of benzene rings is 1. The van der Waals surface area contributed by atoms with Crippen LogP contribution in [-0.2, 0) is 11.8 Å². The normalized spacial score (nSPS) is 10.5. The van der Waals surface area contributed by atoms with Crippen molar-refractivity contribution in [1.29, 1.82) is 0 Å². The van der Waals surface area contributed by atoms with Crippen LogP contribution in [0.2, 0.25) is 10.0 Å². The summed E-state index contributed by atoms with van der Waals surface area (Å²) >= 11 is 13.2. The van der Waals surface area contributed by atoms with Crippen molar-refractivity contribution in [3.8, 4) is 5.75 Å². The lowest BCUT2D eigenvalue weighted by molar-refractivity contribution is -0.122. The molecule has 1 N–H and O–H groups in total. The molecule has 0 saturated heterocycles. The van der Waals surface area contributed by atoms with Gasteiger partial charge in [0.1, 0.15) is 5.75 Å². The van der Waals surface area contributed by atoms with Crippen molar-refractivity contribution in [2.75, 3.05) is 18.9 Å². The standard InChI is InChI=1S/C12H13Cl2N5O2S/c1-19-12(16-17-18-19)22-5-4-15-11(20)7-21-10-3-2-8(13)6-9(10)14/h2-3,6H,4-5,7H2,1H3,(H,15,20). The molecule has 0 radical (unpaired) electrons. The summed E-state index contributed by atoms with van der Waals surface area (Å²) in [7, 11) is 1.75. The second kappa shape index (κ2) is 8.21. The van der Waals surface area contributed by atoms with Gasteiger partial charge in [0.25, 0.3) is 5.91 Å². The van der Waals surface area contributed by atoms with Crippen LogP contribution in [0.1, 0.15) is 0 Å². The summed E-state index contributed by atoms with van der Waals surface area (Å²) in [4.78, 5) is 11.7. The van der Waals surface area contributed by atoms with E-state index in [-0.39, 0.29) is 12.5 Å². The van der Waals surface area contributed by atoms with E-state index in [2.05, 4.69) is 20.8 Å². The van der Waals surface area contributed by atoms with Crippen LogP contribution in [0.25, 0.3) is 0 Å². The van der Waals surface area contributed by atoms with Gasteiger partial charge in [-0.15, -0.1) is 5.10 Å². The third-order valence-electron chi connectivity index (χ3n) is 2.49. The maximum Gasteiger partial charge on any atom is 0.257 e. The molecule has 2 aromatic rings. The quantitative estimate of drug-likeness (QED) is 0.598. The molecule has 0 aliphatic rings. The number of carbonyl (C=O) groups excluding carboxylic acids is 1. The van der Waals surface area contributed by atoms with Gasteiger partial charge in [-0.3, -0.25) is 4.79 Å². The number of aromatic nitrogens is 4. The van der Waals surface area contributed by atoms with Gasteiger partial charge in [0.2, 0.25) is 5.16 Å². The zero-order chi connectivity index (χ0) is 15.9. The molecule has 0 aliphatic heterocycles. The lowest BCUT2D eigenvalue weighted by Gasteiger charge is -2.08. The Labute approximate surface area is 141 Å². The van der Waals surface area contributed by atoms with E-state index in [0.29, 0.717) is 33.2 Å². The molecule has 0 aliphatic carbocycles. The first-order valence-corrected chi connectivity index (χ1v) is 8.00. The average molecular weight is 362 g/mol. The number of rotatable bonds is 7. The van der Waals surface area contributed by atoms with Crippen molar-refractivity contribution < 1.29 is 9.53 Å². The van der Waals surface area contributed by atoms with Crippen LogP contribution < -0.4 is 10.1 Å². The Morgan fingerprint density at radius 1 is 1.45 bits per heavy atom. The molecule has 1 amide bonds. The van der Waals surface area contributed by atoms with Gasteiger partial charge in [-0.25, -0.2) is 4.68 Å². The Hall–Kier alpha value is -1.51. The second-order valence-corrected chi connectivity index (χ2v) is 6.05. The molecular weight excluding hydrogens is 349 g/mol. The summed E-state index contributed by atoms with van der Waals surface area (Å²) in [6, 6.07) is 4.82. The van der Waals surface area contributed by atoms with Crippen LogP contribution in [0.15, 0.2) is 23.4 Å². The van der Waals surface area contributed by atoms with Crippen LogP contribution in [-0.4, -0.2) is 45.0 Å². The fraction of sp³-hybridized carbons (Fsp3) is 0.333. The fourth-order valence-corrected chi connectivity index (χ4v) is 2.63. The number of nitrogens with zero attached hydrogens (tertiary/aromatic N) is 4. The third kappa shape index (κ3) is 5.04. The molecule has 0 fully saturated rings. The van der Waals surface area contributed by atoms with Crippen LogP contribution in [0.4, 0.5) is 0 Å². The van der Waals surface area contributed by atoms with Crippen molar-refractivity contribution in [3.63, 3.8) is 0 Å². The number of ether oxygens (including phenoxy) is 1. The summed E-state index contributed by atoms with van der Waals surface area (Å²) in [6.45, 7) is 0.367. The lowest BCUT2D eigenvalue weighted by Crippen LogP contribution is -2.30. The van der Waals surface area contributed by atoms with Gasteiger partial charge in [0, 0.05) is 24.4 Å². The van der Waals surface area contributed by atoms with Crippen molar-refractivity contribution in [2.24, 2.45) is 7.05 Å². The number of tetrazole rings is 1. The van der Waals surface area contributed by atoms with E-state index in [1.807, 2.05) is 0 Å². The van der Waals surface area contributed by atoms with E-state index in [4.69, 9.17) is 27.9 Å². The van der Waals surface area contributed by atoms with Crippen LogP contribution in [0.3, 0.4) is 0 Å². The predicted octanol–water partition coefficient (Wildman–Crippen LogP) is 1.80. The summed E-state index contributed by atoms with van der Waals surface area (Å²) < 4.78 is 6.90. The number of hydrogen-bond donors (Lipinski definition) is 1. The highest BCUT2D eigenvalue weighted by atomic mass is 35.5. The highest BCUT2D eigenvalue weighted by molar-refractivity contribution is 7.99. The predicted molar refractivity (Wildman–Crippen MR) is 84.5 cm³/mol. The molecule has 0 unspecified atom stereocenters. The number of halogens is 2. The minimum atomic E-state index is -0.234. The minimum Gasteiger partial charge on any atom is -0.482 e. The van der Waals surface area contributed by atoms with E-state index in [9.17, 15) is 4.79 Å². The van der Waals surface area contributed by atoms with Crippen molar-refractivity contribution >= 4 is 40.9 Å². The van der Waals surface area contributed by atoms with Gasteiger partial charge in [-0.2, -0.15) is 0 Å². The third-order valence-corrected chi connectivity index (χ3v) is 4.03. The van der Waals surface area contributed by atoms with Crippen molar-refractivity contribution in [3.05, 3.63) is 28.2 Å². The van der Waals surface area contributed by atoms with E-state index in [0.717, 1.165) is 0 Å². The second-order valence-electron chi connectivity index (χ2n) is 4.15. The number of nitrogens with one attached hydrogen (secondary N) is 1. The molecule has 7 nitrogen and oxygen atoms in total. The summed E-state index contributed by atoms with van der Waals surface area (Å²) in [5.41, 5.74) is 0. The molecule has 0 atom stereocenters. The summed E-state index contributed by atoms with van der Waals surface area (Å²) in [5, 5.41) is 15.4. The van der Waals surface area contributed by atoms with Crippen LogP contribution in [0.5, 0.6) is 5.75 Å². The Kier molecular flexibility index (Phi) is 6.29. The number of thioether (sulfide) groups is 1. The van der Waals surface area contributed by atoms with Gasteiger partial charge in [-0.05, 0) is 28.6 Å². The molecule has 1 aromatic carbocycles. The zero-order valence-electron chi connectivity index (χ0n) is 11.6. The highest BCUT2D eigenvalue weighted by Crippen LogP contribution is 2.27. The Morgan fingerprint density at radius 3 is 2.95 bits per heavy atom. The molecule has 0 spiro atoms. The molecule has 1 aromatic heterocycles. The molecule has 10 heteroatoms. The van der Waals surface area contributed by atoms with Gasteiger partial charge < -0.3 is 10.1 Å². The van der Waals surface area contributed by atoms with E-state index in [1.54, 1.807) is 29.9 Å². The average Bonchev–Trinajstić information content (AvgIpc) is 2.88. The number of amides is 1. The smallest absolute Gasteiger partial charge is 0.257 e.